The number of hydrogen-bond acceptors (Lipinski definition) is 5. The maximum absolute atomic E-state index is 12.6. The van der Waals surface area contributed by atoms with Crippen LogP contribution in [0.25, 0.3) is 0 Å². The van der Waals surface area contributed by atoms with Gasteiger partial charge in [0.15, 0.2) is 0 Å². The van der Waals surface area contributed by atoms with Gasteiger partial charge in [-0.1, -0.05) is 48.0 Å². The molecule has 2 atom stereocenters. The van der Waals surface area contributed by atoms with Crippen molar-refractivity contribution in [3.8, 4) is 0 Å². The molecule has 0 fully saturated rings. The zero-order valence-corrected chi connectivity index (χ0v) is 24.7. The second kappa shape index (κ2) is 14.8. The van der Waals surface area contributed by atoms with Gasteiger partial charge in [0.2, 0.25) is 5.91 Å². The predicted molar refractivity (Wildman–Crippen MR) is 145 cm³/mol. The van der Waals surface area contributed by atoms with Gasteiger partial charge in [-0.25, -0.2) is 0 Å². The van der Waals surface area contributed by atoms with E-state index >= 15 is 0 Å². The van der Waals surface area contributed by atoms with Gasteiger partial charge >= 0.3 is 0 Å². The summed E-state index contributed by atoms with van der Waals surface area (Å²) in [5.41, 5.74) is -0.373. The second-order valence-corrected chi connectivity index (χ2v) is 13.1. The minimum absolute atomic E-state index is 0.0386. The molecule has 0 heterocycles. The number of likely N-dealkylation sites (N-methyl/N-ethyl adjacent to an activating group) is 1. The summed E-state index contributed by atoms with van der Waals surface area (Å²) in [4.78, 5) is 12.6. The Bertz CT molecular complexity index is 568. The van der Waals surface area contributed by atoms with E-state index in [0.29, 0.717) is 19.1 Å². The Morgan fingerprint density at radius 1 is 0.912 bits per heavy atom. The van der Waals surface area contributed by atoms with Gasteiger partial charge < -0.3 is 25.4 Å². The Morgan fingerprint density at radius 2 is 1.53 bits per heavy atom. The lowest BCUT2D eigenvalue weighted by molar-refractivity contribution is -0.128. The highest BCUT2D eigenvalue weighted by molar-refractivity contribution is 5.81. The fourth-order valence-electron chi connectivity index (χ4n) is 3.88. The van der Waals surface area contributed by atoms with Gasteiger partial charge in [0.1, 0.15) is 0 Å². The van der Waals surface area contributed by atoms with Gasteiger partial charge in [0, 0.05) is 6.54 Å². The molecule has 0 bridgehead atoms. The SMILES string of the molecule is CNCCCCC(NC)C(=O)NCC(C)CC(C)(C)C(C)(C)OCCC(C)(C)OCC(C)(C)C. The summed E-state index contributed by atoms with van der Waals surface area (Å²) in [5, 5.41) is 9.48. The number of rotatable bonds is 18. The molecule has 6 nitrogen and oxygen atoms in total. The summed E-state index contributed by atoms with van der Waals surface area (Å²) in [6, 6.07) is -0.124. The number of carbonyl (C=O) groups excluding carboxylic acids is 1. The molecule has 1 amide bonds. The van der Waals surface area contributed by atoms with Crippen LogP contribution in [0.1, 0.15) is 101 Å². The van der Waals surface area contributed by atoms with Crippen LogP contribution in [-0.2, 0) is 14.3 Å². The predicted octanol–water partition coefficient (Wildman–Crippen LogP) is 5.16. The third-order valence-electron chi connectivity index (χ3n) is 7.01. The molecular formula is C28H59N3O3. The molecule has 204 valence electrons. The molecule has 0 spiro atoms. The number of ether oxygens (including phenoxy) is 2. The highest BCUT2D eigenvalue weighted by atomic mass is 16.5. The lowest BCUT2D eigenvalue weighted by atomic mass is 9.71. The lowest BCUT2D eigenvalue weighted by Gasteiger charge is -2.43. The highest BCUT2D eigenvalue weighted by Crippen LogP contribution is 2.39. The van der Waals surface area contributed by atoms with E-state index < -0.39 is 0 Å². The summed E-state index contributed by atoms with van der Waals surface area (Å²) < 4.78 is 12.6. The van der Waals surface area contributed by atoms with E-state index in [1.54, 1.807) is 0 Å². The monoisotopic (exact) mass is 485 g/mol. The Morgan fingerprint density at radius 3 is 2.06 bits per heavy atom. The Balaban J connectivity index is 4.61. The Hall–Kier alpha value is -0.690. The molecule has 0 rings (SSSR count). The van der Waals surface area contributed by atoms with Gasteiger partial charge in [-0.05, 0) is 90.8 Å². The number of carbonyl (C=O) groups is 1. The van der Waals surface area contributed by atoms with Crippen LogP contribution in [0.15, 0.2) is 0 Å². The van der Waals surface area contributed by atoms with Gasteiger partial charge in [0.05, 0.1) is 30.5 Å². The van der Waals surface area contributed by atoms with Crippen LogP contribution in [0.2, 0.25) is 0 Å². The molecule has 0 saturated heterocycles. The van der Waals surface area contributed by atoms with Crippen molar-refractivity contribution in [3.05, 3.63) is 0 Å². The van der Waals surface area contributed by atoms with E-state index in [4.69, 9.17) is 9.47 Å². The molecule has 3 N–H and O–H groups in total. The first-order valence-electron chi connectivity index (χ1n) is 13.3. The molecule has 0 saturated carbocycles. The largest absolute Gasteiger partial charge is 0.375 e. The topological polar surface area (TPSA) is 71.6 Å². The first-order valence-corrected chi connectivity index (χ1v) is 13.3. The fourth-order valence-corrected chi connectivity index (χ4v) is 3.88. The maximum atomic E-state index is 12.6. The smallest absolute Gasteiger partial charge is 0.237 e. The van der Waals surface area contributed by atoms with Gasteiger partial charge in [0.25, 0.3) is 0 Å². The molecule has 2 unspecified atom stereocenters. The van der Waals surface area contributed by atoms with Crippen LogP contribution >= 0.6 is 0 Å². The first kappa shape index (κ1) is 33.3. The summed E-state index contributed by atoms with van der Waals surface area (Å²) >= 11 is 0. The van der Waals surface area contributed by atoms with Crippen LogP contribution in [0, 0.1) is 16.7 Å². The van der Waals surface area contributed by atoms with Gasteiger partial charge in [-0.15, -0.1) is 0 Å². The van der Waals surface area contributed by atoms with Crippen molar-refractivity contribution in [2.75, 3.05) is 40.4 Å². The van der Waals surface area contributed by atoms with E-state index in [1.807, 2.05) is 14.1 Å². The minimum atomic E-state index is -0.286. The van der Waals surface area contributed by atoms with Crippen LogP contribution in [0.3, 0.4) is 0 Å². The van der Waals surface area contributed by atoms with E-state index in [2.05, 4.69) is 85.2 Å². The normalized spacial score (nSPS) is 15.3. The molecular weight excluding hydrogens is 426 g/mol. The van der Waals surface area contributed by atoms with Crippen LogP contribution in [0.5, 0.6) is 0 Å². The van der Waals surface area contributed by atoms with Gasteiger partial charge in [-0.2, -0.15) is 0 Å². The summed E-state index contributed by atoms with van der Waals surface area (Å²) in [6.45, 7) is 25.1. The lowest BCUT2D eigenvalue weighted by Crippen LogP contribution is -2.46. The average Bonchev–Trinajstić information content (AvgIpc) is 2.69. The third-order valence-corrected chi connectivity index (χ3v) is 7.01. The number of amides is 1. The quantitative estimate of drug-likeness (QED) is 0.234. The molecule has 0 aliphatic rings. The molecule has 34 heavy (non-hydrogen) atoms. The molecule has 0 aromatic heterocycles. The Kier molecular flexibility index (Phi) is 14.5. The summed E-state index contributed by atoms with van der Waals surface area (Å²) in [6.07, 6.45) is 4.80. The molecule has 0 aliphatic carbocycles. The van der Waals surface area contributed by atoms with Crippen LogP contribution in [0.4, 0.5) is 0 Å². The summed E-state index contributed by atoms with van der Waals surface area (Å²) in [7, 11) is 3.82. The molecule has 0 aliphatic heterocycles. The first-order chi connectivity index (χ1) is 15.5. The number of hydrogen-bond donors (Lipinski definition) is 3. The van der Waals surface area contributed by atoms with Crippen molar-refractivity contribution >= 4 is 5.91 Å². The van der Waals surface area contributed by atoms with Crippen LogP contribution < -0.4 is 16.0 Å². The van der Waals surface area contributed by atoms with E-state index in [1.165, 1.54) is 0 Å². The van der Waals surface area contributed by atoms with Crippen molar-refractivity contribution in [1.29, 1.82) is 0 Å². The number of nitrogens with one attached hydrogen (secondary N) is 3. The third kappa shape index (κ3) is 14.0. The minimum Gasteiger partial charge on any atom is -0.375 e. The zero-order valence-electron chi connectivity index (χ0n) is 24.7. The van der Waals surface area contributed by atoms with Crippen molar-refractivity contribution < 1.29 is 14.3 Å². The second-order valence-electron chi connectivity index (χ2n) is 13.1. The molecule has 0 aromatic carbocycles. The molecule has 0 radical (unpaired) electrons. The van der Waals surface area contributed by atoms with Crippen LogP contribution in [-0.4, -0.2) is 63.5 Å². The standard InChI is InChI=1S/C28H59N3O3/c1-22(20-31-24(32)23(30-12)15-13-14-17-29-11)19-26(5,6)28(9,10)33-18-16-27(7,8)34-21-25(2,3)4/h22-23,29-30H,13-21H2,1-12H3,(H,31,32). The maximum Gasteiger partial charge on any atom is 0.237 e. The van der Waals surface area contributed by atoms with E-state index in [9.17, 15) is 4.79 Å². The van der Waals surface area contributed by atoms with Crippen molar-refractivity contribution in [3.63, 3.8) is 0 Å². The fraction of sp³-hybridized carbons (Fsp3) is 0.964. The van der Waals surface area contributed by atoms with Gasteiger partial charge in [-0.3, -0.25) is 4.79 Å². The molecule has 6 heteroatoms. The summed E-state index contributed by atoms with van der Waals surface area (Å²) in [5.74, 6) is 0.458. The Labute approximate surface area is 212 Å². The van der Waals surface area contributed by atoms with Crippen molar-refractivity contribution in [1.82, 2.24) is 16.0 Å². The zero-order chi connectivity index (χ0) is 26.6. The van der Waals surface area contributed by atoms with E-state index in [-0.39, 0.29) is 34.0 Å². The molecule has 0 aromatic rings. The van der Waals surface area contributed by atoms with Crippen molar-refractivity contribution in [2.45, 2.75) is 119 Å². The average molecular weight is 486 g/mol. The van der Waals surface area contributed by atoms with Crippen molar-refractivity contribution in [2.24, 2.45) is 16.7 Å². The van der Waals surface area contributed by atoms with E-state index in [0.717, 1.165) is 45.3 Å². The number of unbranched alkanes of at least 4 members (excludes halogenated alkanes) is 1. The highest BCUT2D eigenvalue weighted by Gasteiger charge is 2.39.